The van der Waals surface area contributed by atoms with Gasteiger partial charge in [-0.25, -0.2) is 4.98 Å². The molecule has 1 aromatic carbocycles. The van der Waals surface area contributed by atoms with Gasteiger partial charge in [-0.1, -0.05) is 11.6 Å². The van der Waals surface area contributed by atoms with Gasteiger partial charge in [-0.15, -0.1) is 0 Å². The number of alkyl halides is 3. The molecule has 0 atom stereocenters. The molecule has 98 valence electrons. The summed E-state index contributed by atoms with van der Waals surface area (Å²) in [6.45, 7) is -1.54. The smallest absolute Gasteiger partial charge is 0.364 e. The van der Waals surface area contributed by atoms with Crippen molar-refractivity contribution in [1.82, 2.24) is 9.97 Å². The van der Waals surface area contributed by atoms with Crippen molar-refractivity contribution in [2.24, 2.45) is 0 Å². The number of aromatic amines is 1. The van der Waals surface area contributed by atoms with Gasteiger partial charge in [0.2, 0.25) is 0 Å². The number of imidazole rings is 1. The van der Waals surface area contributed by atoms with Crippen LogP contribution in [0.3, 0.4) is 0 Å². The van der Waals surface area contributed by atoms with Crippen molar-refractivity contribution in [2.45, 2.75) is 12.8 Å². The van der Waals surface area contributed by atoms with E-state index in [9.17, 15) is 13.2 Å². The Morgan fingerprint density at radius 3 is 2.78 bits per heavy atom. The highest BCUT2D eigenvalue weighted by Crippen LogP contribution is 2.26. The van der Waals surface area contributed by atoms with Crippen LogP contribution < -0.4 is 0 Å². The minimum absolute atomic E-state index is 0.238. The molecule has 0 aliphatic heterocycles. The minimum atomic E-state index is -4.34. The van der Waals surface area contributed by atoms with Gasteiger partial charge in [0.15, 0.2) is 0 Å². The minimum Gasteiger partial charge on any atom is -0.364 e. The van der Waals surface area contributed by atoms with Crippen LogP contribution in [0.2, 0.25) is 5.02 Å². The summed E-state index contributed by atoms with van der Waals surface area (Å²) in [6.07, 6.45) is -4.34. The maximum absolute atomic E-state index is 11.9. The van der Waals surface area contributed by atoms with Crippen LogP contribution in [-0.4, -0.2) is 22.8 Å². The number of nitrogens with one attached hydrogen (secondary N) is 1. The molecule has 1 heterocycles. The van der Waals surface area contributed by atoms with Gasteiger partial charge >= 0.3 is 6.18 Å². The Bertz CT molecular complexity index is 570. The molecule has 1 aromatic heterocycles. The predicted molar refractivity (Wildman–Crippen MR) is 64.5 cm³/mol. The number of rotatable bonds is 3. The van der Waals surface area contributed by atoms with E-state index < -0.39 is 12.8 Å². The molecule has 8 heteroatoms. The summed E-state index contributed by atoms with van der Waals surface area (Å²) in [7, 11) is 0. The molecular formula is C10H7BrClF3N2O. The molecule has 2 aromatic rings. The molecule has 0 saturated heterocycles. The first kappa shape index (κ1) is 13.6. The van der Waals surface area contributed by atoms with E-state index >= 15 is 0 Å². The number of aromatic nitrogens is 2. The molecule has 18 heavy (non-hydrogen) atoms. The van der Waals surface area contributed by atoms with Crippen molar-refractivity contribution in [1.29, 1.82) is 0 Å². The van der Waals surface area contributed by atoms with E-state index in [1.807, 2.05) is 0 Å². The van der Waals surface area contributed by atoms with E-state index in [1.54, 1.807) is 12.1 Å². The largest absolute Gasteiger partial charge is 0.411 e. The summed E-state index contributed by atoms with van der Waals surface area (Å²) in [6, 6.07) is 3.30. The number of fused-ring (bicyclic) bond motifs is 1. The molecule has 0 aliphatic rings. The maximum atomic E-state index is 11.9. The Hall–Kier alpha value is -0.790. The Kier molecular flexibility index (Phi) is 3.84. The van der Waals surface area contributed by atoms with Crippen molar-refractivity contribution in [3.05, 3.63) is 27.5 Å². The van der Waals surface area contributed by atoms with Gasteiger partial charge in [-0.2, -0.15) is 13.2 Å². The number of hydrogen-bond acceptors (Lipinski definition) is 2. The molecule has 0 aliphatic carbocycles. The zero-order valence-electron chi connectivity index (χ0n) is 8.81. The second-order valence-corrected chi connectivity index (χ2v) is 4.87. The Morgan fingerprint density at radius 1 is 1.39 bits per heavy atom. The highest BCUT2D eigenvalue weighted by molar-refractivity contribution is 9.10. The van der Waals surface area contributed by atoms with Gasteiger partial charge in [-0.05, 0) is 28.1 Å². The molecule has 0 amide bonds. The number of H-pyrrole nitrogens is 1. The normalized spacial score (nSPS) is 12.3. The van der Waals surface area contributed by atoms with Gasteiger partial charge in [0, 0.05) is 9.50 Å². The summed E-state index contributed by atoms with van der Waals surface area (Å²) in [4.78, 5) is 6.97. The van der Waals surface area contributed by atoms with Crippen LogP contribution in [0.4, 0.5) is 13.2 Å². The van der Waals surface area contributed by atoms with Gasteiger partial charge in [0.25, 0.3) is 0 Å². The highest BCUT2D eigenvalue weighted by Gasteiger charge is 2.27. The van der Waals surface area contributed by atoms with Gasteiger partial charge in [0.05, 0.1) is 5.52 Å². The van der Waals surface area contributed by atoms with Crippen molar-refractivity contribution in [2.75, 3.05) is 6.61 Å². The van der Waals surface area contributed by atoms with Crippen molar-refractivity contribution >= 4 is 38.6 Å². The highest BCUT2D eigenvalue weighted by atomic mass is 79.9. The third-order valence-electron chi connectivity index (χ3n) is 2.06. The summed E-state index contributed by atoms with van der Waals surface area (Å²) in [5.74, 6) is 0.317. The SMILES string of the molecule is FC(F)(F)COCc1nc2c(Br)cc(Cl)cc2[nH]1. The van der Waals surface area contributed by atoms with Crippen molar-refractivity contribution < 1.29 is 17.9 Å². The second-order valence-electron chi connectivity index (χ2n) is 3.58. The molecule has 1 N–H and O–H groups in total. The molecule has 0 fully saturated rings. The number of nitrogens with zero attached hydrogens (tertiary/aromatic N) is 1. The van der Waals surface area contributed by atoms with E-state index in [0.29, 0.717) is 26.4 Å². The molecule has 0 spiro atoms. The Morgan fingerprint density at radius 2 is 2.11 bits per heavy atom. The Labute approximate surface area is 113 Å². The van der Waals surface area contributed by atoms with Crippen LogP contribution in [0.15, 0.2) is 16.6 Å². The first-order chi connectivity index (χ1) is 8.35. The zero-order chi connectivity index (χ0) is 13.3. The molecule has 3 nitrogen and oxygen atoms in total. The van der Waals surface area contributed by atoms with E-state index in [4.69, 9.17) is 11.6 Å². The number of ether oxygens (including phenoxy) is 1. The van der Waals surface area contributed by atoms with Crippen molar-refractivity contribution in [3.63, 3.8) is 0 Å². The lowest BCUT2D eigenvalue weighted by molar-refractivity contribution is -0.177. The lowest BCUT2D eigenvalue weighted by atomic mass is 10.3. The monoisotopic (exact) mass is 342 g/mol. The van der Waals surface area contributed by atoms with Crippen LogP contribution in [0, 0.1) is 0 Å². The summed E-state index contributed by atoms with van der Waals surface area (Å²) in [5.41, 5.74) is 1.24. The number of benzene rings is 1. The standard InChI is InChI=1S/C10H7BrClF3N2O/c11-6-1-5(12)2-7-9(6)17-8(16-7)3-18-4-10(13,14)15/h1-2H,3-4H2,(H,16,17). The van der Waals surface area contributed by atoms with Gasteiger partial charge in [0.1, 0.15) is 24.6 Å². The fourth-order valence-electron chi connectivity index (χ4n) is 1.43. The van der Waals surface area contributed by atoms with E-state index in [1.165, 1.54) is 0 Å². The van der Waals surface area contributed by atoms with E-state index in [0.717, 1.165) is 0 Å². The van der Waals surface area contributed by atoms with Crippen molar-refractivity contribution in [3.8, 4) is 0 Å². The molecule has 0 radical (unpaired) electrons. The lowest BCUT2D eigenvalue weighted by Gasteiger charge is -2.05. The first-order valence-corrected chi connectivity index (χ1v) is 6.00. The van der Waals surface area contributed by atoms with Crippen LogP contribution in [0.25, 0.3) is 11.0 Å². The maximum Gasteiger partial charge on any atom is 0.411 e. The summed E-state index contributed by atoms with van der Waals surface area (Å²) >= 11 is 9.11. The fraction of sp³-hybridized carbons (Fsp3) is 0.300. The topological polar surface area (TPSA) is 37.9 Å². The molecular weight excluding hydrogens is 336 g/mol. The average molecular weight is 344 g/mol. The van der Waals surface area contributed by atoms with Crippen LogP contribution >= 0.6 is 27.5 Å². The fourth-order valence-corrected chi connectivity index (χ4v) is 2.32. The predicted octanol–water partition coefficient (Wildman–Crippen LogP) is 4.06. The zero-order valence-corrected chi connectivity index (χ0v) is 11.2. The van der Waals surface area contributed by atoms with Crippen LogP contribution in [0.1, 0.15) is 5.82 Å². The molecule has 0 bridgehead atoms. The number of hydrogen-bond donors (Lipinski definition) is 1. The van der Waals surface area contributed by atoms with Gasteiger partial charge < -0.3 is 9.72 Å². The first-order valence-electron chi connectivity index (χ1n) is 4.83. The Balaban J connectivity index is 2.13. The van der Waals surface area contributed by atoms with E-state index in [-0.39, 0.29) is 6.61 Å². The second kappa shape index (κ2) is 5.07. The molecule has 0 unspecified atom stereocenters. The number of halogens is 5. The average Bonchev–Trinajstić information content (AvgIpc) is 2.58. The quantitative estimate of drug-likeness (QED) is 0.913. The summed E-state index contributed by atoms with van der Waals surface area (Å²) in [5, 5.41) is 0.501. The molecule has 2 rings (SSSR count). The third kappa shape index (κ3) is 3.37. The lowest BCUT2D eigenvalue weighted by Crippen LogP contribution is -2.16. The van der Waals surface area contributed by atoms with Crippen LogP contribution in [-0.2, 0) is 11.3 Å². The van der Waals surface area contributed by atoms with E-state index in [2.05, 4.69) is 30.6 Å². The summed E-state index contributed by atoms with van der Waals surface area (Å²) < 4.78 is 40.9. The van der Waals surface area contributed by atoms with Crippen LogP contribution in [0.5, 0.6) is 0 Å². The van der Waals surface area contributed by atoms with Gasteiger partial charge in [-0.3, -0.25) is 0 Å². The molecule has 0 saturated carbocycles. The third-order valence-corrected chi connectivity index (χ3v) is 2.88.